The van der Waals surface area contributed by atoms with Gasteiger partial charge in [-0.05, 0) is 36.1 Å². The maximum atomic E-state index is 12.6. The maximum Gasteiger partial charge on any atom is 0.338 e. The molecule has 0 saturated heterocycles. The Balaban J connectivity index is 1.41. The number of imide groups is 1. The number of esters is 1. The average Bonchev–Trinajstić information content (AvgIpc) is 3.05. The Morgan fingerprint density at radius 3 is 2.50 bits per heavy atom. The zero-order valence-electron chi connectivity index (χ0n) is 17.6. The van der Waals surface area contributed by atoms with E-state index in [2.05, 4.69) is 5.32 Å². The standard InChI is InChI=1S/C25H22N2O5/c1-2-3-13-27-23(29)19-12-11-17(14-20(19)24(27)30)25(31)32-15-22(28)26-21-10-6-8-16-7-4-5-9-18(16)21/h4-12,14H,2-3,13,15H2,1H3,(H,26,28). The summed E-state index contributed by atoms with van der Waals surface area (Å²) in [6.07, 6.45) is 1.57. The van der Waals surface area contributed by atoms with Crippen molar-refractivity contribution in [2.75, 3.05) is 18.5 Å². The summed E-state index contributed by atoms with van der Waals surface area (Å²) in [5.41, 5.74) is 1.19. The van der Waals surface area contributed by atoms with Crippen molar-refractivity contribution in [3.05, 3.63) is 77.4 Å². The molecule has 1 aliphatic rings. The van der Waals surface area contributed by atoms with Crippen LogP contribution in [0.15, 0.2) is 60.7 Å². The number of nitrogens with zero attached hydrogens (tertiary/aromatic N) is 1. The predicted molar refractivity (Wildman–Crippen MR) is 120 cm³/mol. The number of anilines is 1. The molecule has 7 nitrogen and oxygen atoms in total. The third kappa shape index (κ3) is 4.09. The lowest BCUT2D eigenvalue weighted by atomic mass is 10.1. The van der Waals surface area contributed by atoms with Gasteiger partial charge in [0.1, 0.15) is 0 Å². The van der Waals surface area contributed by atoms with Gasteiger partial charge in [-0.2, -0.15) is 0 Å². The lowest BCUT2D eigenvalue weighted by Crippen LogP contribution is -2.30. The first-order valence-electron chi connectivity index (χ1n) is 10.4. The predicted octanol–water partition coefficient (Wildman–Crippen LogP) is 4.03. The summed E-state index contributed by atoms with van der Waals surface area (Å²) in [5, 5.41) is 4.61. The molecule has 3 amide bonds. The van der Waals surface area contributed by atoms with Crippen molar-refractivity contribution in [2.24, 2.45) is 0 Å². The summed E-state index contributed by atoms with van der Waals surface area (Å²) in [6.45, 7) is 1.84. The van der Waals surface area contributed by atoms with E-state index < -0.39 is 24.4 Å². The van der Waals surface area contributed by atoms with Crippen molar-refractivity contribution in [3.63, 3.8) is 0 Å². The van der Waals surface area contributed by atoms with E-state index in [-0.39, 0.29) is 22.6 Å². The van der Waals surface area contributed by atoms with Gasteiger partial charge < -0.3 is 10.1 Å². The van der Waals surface area contributed by atoms with E-state index in [9.17, 15) is 19.2 Å². The molecule has 0 aliphatic carbocycles. The monoisotopic (exact) mass is 430 g/mol. The second-order valence-electron chi connectivity index (χ2n) is 7.53. The Bertz CT molecular complexity index is 1230. The number of ether oxygens (including phenoxy) is 1. The fourth-order valence-electron chi connectivity index (χ4n) is 3.67. The van der Waals surface area contributed by atoms with E-state index in [4.69, 9.17) is 4.74 Å². The number of benzene rings is 3. The number of hydrogen-bond acceptors (Lipinski definition) is 5. The molecule has 162 valence electrons. The van der Waals surface area contributed by atoms with Gasteiger partial charge in [-0.3, -0.25) is 19.3 Å². The molecule has 32 heavy (non-hydrogen) atoms. The van der Waals surface area contributed by atoms with Gasteiger partial charge in [-0.25, -0.2) is 4.79 Å². The smallest absolute Gasteiger partial charge is 0.338 e. The van der Waals surface area contributed by atoms with E-state index >= 15 is 0 Å². The first kappa shape index (κ1) is 21.2. The molecule has 1 N–H and O–H groups in total. The highest BCUT2D eigenvalue weighted by Gasteiger charge is 2.35. The molecule has 3 aromatic carbocycles. The maximum absolute atomic E-state index is 12.6. The molecule has 1 heterocycles. The molecule has 0 saturated carbocycles. The number of carbonyl (C=O) groups is 4. The minimum absolute atomic E-state index is 0.111. The molecule has 0 unspecified atom stereocenters. The molecule has 0 spiro atoms. The Hall–Kier alpha value is -4.00. The zero-order valence-corrected chi connectivity index (χ0v) is 17.6. The van der Waals surface area contributed by atoms with E-state index in [1.165, 1.54) is 23.1 Å². The molecule has 4 rings (SSSR count). The molecule has 0 aromatic heterocycles. The van der Waals surface area contributed by atoms with Crippen LogP contribution in [0.4, 0.5) is 5.69 Å². The molecule has 0 radical (unpaired) electrons. The van der Waals surface area contributed by atoms with Crippen LogP contribution in [0.1, 0.15) is 50.8 Å². The fraction of sp³-hybridized carbons (Fsp3) is 0.200. The van der Waals surface area contributed by atoms with Crippen molar-refractivity contribution in [1.29, 1.82) is 0 Å². The second-order valence-corrected chi connectivity index (χ2v) is 7.53. The van der Waals surface area contributed by atoms with Gasteiger partial charge in [-0.1, -0.05) is 49.7 Å². The summed E-state index contributed by atoms with van der Waals surface area (Å²) >= 11 is 0. The Labute approximate surface area is 185 Å². The van der Waals surface area contributed by atoms with Crippen molar-refractivity contribution < 1.29 is 23.9 Å². The van der Waals surface area contributed by atoms with Crippen LogP contribution in [-0.2, 0) is 9.53 Å². The van der Waals surface area contributed by atoms with Gasteiger partial charge in [0.05, 0.1) is 16.7 Å². The number of carbonyl (C=O) groups excluding carboxylic acids is 4. The number of amides is 3. The van der Waals surface area contributed by atoms with Crippen molar-refractivity contribution in [1.82, 2.24) is 4.90 Å². The Morgan fingerprint density at radius 2 is 1.69 bits per heavy atom. The highest BCUT2D eigenvalue weighted by atomic mass is 16.5. The van der Waals surface area contributed by atoms with Crippen LogP contribution in [-0.4, -0.2) is 41.7 Å². The quantitative estimate of drug-likeness (QED) is 0.451. The van der Waals surface area contributed by atoms with Crippen LogP contribution in [0.2, 0.25) is 0 Å². The summed E-state index contributed by atoms with van der Waals surface area (Å²) in [7, 11) is 0. The number of unbranched alkanes of at least 4 members (excludes halogenated alkanes) is 1. The van der Waals surface area contributed by atoms with Gasteiger partial charge in [0.15, 0.2) is 6.61 Å². The first-order chi connectivity index (χ1) is 15.5. The van der Waals surface area contributed by atoms with Crippen molar-refractivity contribution >= 4 is 40.2 Å². The third-order valence-electron chi connectivity index (χ3n) is 5.34. The van der Waals surface area contributed by atoms with Crippen LogP contribution < -0.4 is 5.32 Å². The Morgan fingerprint density at radius 1 is 0.938 bits per heavy atom. The molecule has 0 bridgehead atoms. The number of fused-ring (bicyclic) bond motifs is 2. The SMILES string of the molecule is CCCCN1C(=O)c2ccc(C(=O)OCC(=O)Nc3cccc4ccccc34)cc2C1=O. The van der Waals surface area contributed by atoms with Crippen LogP contribution >= 0.6 is 0 Å². The fourth-order valence-corrected chi connectivity index (χ4v) is 3.67. The van der Waals surface area contributed by atoms with Gasteiger partial charge in [0.2, 0.25) is 0 Å². The van der Waals surface area contributed by atoms with Crippen LogP contribution in [0.25, 0.3) is 10.8 Å². The van der Waals surface area contributed by atoms with Crippen LogP contribution in [0, 0.1) is 0 Å². The Kier molecular flexibility index (Phi) is 5.98. The molecular weight excluding hydrogens is 408 g/mol. The van der Waals surface area contributed by atoms with E-state index in [1.807, 2.05) is 43.3 Å². The minimum atomic E-state index is -0.742. The summed E-state index contributed by atoms with van der Waals surface area (Å²) in [4.78, 5) is 50.9. The van der Waals surface area contributed by atoms with Crippen LogP contribution in [0.3, 0.4) is 0 Å². The van der Waals surface area contributed by atoms with Crippen LogP contribution in [0.5, 0.6) is 0 Å². The zero-order chi connectivity index (χ0) is 22.7. The van der Waals surface area contributed by atoms with Gasteiger partial charge in [-0.15, -0.1) is 0 Å². The van der Waals surface area contributed by atoms with E-state index in [1.54, 1.807) is 6.07 Å². The topological polar surface area (TPSA) is 92.8 Å². The summed E-state index contributed by atoms with van der Waals surface area (Å²) in [5.74, 6) is -1.99. The molecule has 0 atom stereocenters. The molecule has 7 heteroatoms. The summed E-state index contributed by atoms with van der Waals surface area (Å²) in [6, 6.07) is 17.4. The highest BCUT2D eigenvalue weighted by Crippen LogP contribution is 2.25. The minimum Gasteiger partial charge on any atom is -0.452 e. The number of nitrogens with one attached hydrogen (secondary N) is 1. The molecule has 1 aliphatic heterocycles. The van der Waals surface area contributed by atoms with E-state index in [0.717, 1.165) is 17.2 Å². The third-order valence-corrected chi connectivity index (χ3v) is 5.34. The summed E-state index contributed by atoms with van der Waals surface area (Å²) < 4.78 is 5.13. The number of rotatable bonds is 7. The lowest BCUT2D eigenvalue weighted by Gasteiger charge is -2.12. The highest BCUT2D eigenvalue weighted by molar-refractivity contribution is 6.22. The van der Waals surface area contributed by atoms with Gasteiger partial charge >= 0.3 is 5.97 Å². The number of hydrogen-bond donors (Lipinski definition) is 1. The molecule has 3 aromatic rings. The normalized spacial score (nSPS) is 12.7. The second kappa shape index (κ2) is 9.01. The largest absolute Gasteiger partial charge is 0.452 e. The molecule has 0 fully saturated rings. The average molecular weight is 430 g/mol. The first-order valence-corrected chi connectivity index (χ1v) is 10.4. The van der Waals surface area contributed by atoms with Crippen molar-refractivity contribution in [2.45, 2.75) is 19.8 Å². The van der Waals surface area contributed by atoms with Gasteiger partial charge in [0.25, 0.3) is 17.7 Å². The molecular formula is C25H22N2O5. The van der Waals surface area contributed by atoms with Crippen molar-refractivity contribution in [3.8, 4) is 0 Å². The van der Waals surface area contributed by atoms with Gasteiger partial charge in [0, 0.05) is 17.6 Å². The lowest BCUT2D eigenvalue weighted by molar-refractivity contribution is -0.119. The van der Waals surface area contributed by atoms with E-state index in [0.29, 0.717) is 18.7 Å².